The second kappa shape index (κ2) is 10.2. The average molecular weight is 493 g/mol. The van der Waals surface area contributed by atoms with E-state index in [1.165, 1.54) is 10.9 Å². The molecule has 2 heterocycles. The van der Waals surface area contributed by atoms with Gasteiger partial charge in [-0.15, -0.1) is 16.4 Å². The second-order valence-corrected chi connectivity index (χ2v) is 10.7. The predicted molar refractivity (Wildman–Crippen MR) is 139 cm³/mol. The fourth-order valence-electron chi connectivity index (χ4n) is 4.60. The lowest BCUT2D eigenvalue weighted by molar-refractivity contribution is -0.123. The summed E-state index contributed by atoms with van der Waals surface area (Å²) in [7, 11) is 0. The van der Waals surface area contributed by atoms with Crippen LogP contribution in [0.2, 0.25) is 0 Å². The summed E-state index contributed by atoms with van der Waals surface area (Å²) in [5.74, 6) is -0.419. The Hall–Kier alpha value is -3.26. The van der Waals surface area contributed by atoms with Gasteiger partial charge in [-0.2, -0.15) is 0 Å². The van der Waals surface area contributed by atoms with E-state index in [9.17, 15) is 14.7 Å². The van der Waals surface area contributed by atoms with Crippen molar-refractivity contribution in [1.82, 2.24) is 14.8 Å². The molecule has 2 aromatic heterocycles. The lowest BCUT2D eigenvalue weighted by atomic mass is 9.82. The Balaban J connectivity index is 1.64. The lowest BCUT2D eigenvalue weighted by Crippen LogP contribution is -2.43. The summed E-state index contributed by atoms with van der Waals surface area (Å²) >= 11 is 1.58. The van der Waals surface area contributed by atoms with Crippen molar-refractivity contribution in [3.63, 3.8) is 0 Å². The largest absolute Gasteiger partial charge is 0.477 e. The number of hydrogen-bond acceptors (Lipinski definition) is 5. The normalized spacial score (nSPS) is 18.0. The van der Waals surface area contributed by atoms with Gasteiger partial charge in [-0.1, -0.05) is 25.6 Å². The number of carboxylic acid groups (broad SMARTS) is 1. The van der Waals surface area contributed by atoms with E-state index in [4.69, 9.17) is 0 Å². The molecular formula is C27H32N4O3S. The number of hydrogen-bond donors (Lipinski definition) is 1. The maximum Gasteiger partial charge on any atom is 0.341 e. The van der Waals surface area contributed by atoms with Crippen LogP contribution in [0.1, 0.15) is 73.1 Å². The molecule has 1 N–H and O–H groups in total. The van der Waals surface area contributed by atoms with Gasteiger partial charge in [-0.3, -0.25) is 9.69 Å². The predicted octanol–water partition coefficient (Wildman–Crippen LogP) is 5.96. The van der Waals surface area contributed by atoms with Gasteiger partial charge < -0.3 is 5.11 Å². The molecule has 1 aliphatic rings. The third-order valence-corrected chi connectivity index (χ3v) is 7.45. The molecule has 3 aromatic rings. The smallest absolute Gasteiger partial charge is 0.341 e. The third-order valence-electron chi connectivity index (χ3n) is 6.68. The van der Waals surface area contributed by atoms with Crippen LogP contribution in [0.4, 0.5) is 5.82 Å². The molecule has 0 unspecified atom stereocenters. The summed E-state index contributed by atoms with van der Waals surface area (Å²) in [5.41, 5.74) is 3.31. The van der Waals surface area contributed by atoms with Crippen LogP contribution in [0.15, 0.2) is 42.4 Å². The van der Waals surface area contributed by atoms with Crippen molar-refractivity contribution in [1.29, 1.82) is 0 Å². The Morgan fingerprint density at radius 2 is 1.83 bits per heavy atom. The van der Waals surface area contributed by atoms with E-state index in [1.54, 1.807) is 16.2 Å². The molecule has 1 saturated carbocycles. The van der Waals surface area contributed by atoms with Gasteiger partial charge in [0.05, 0.1) is 16.4 Å². The number of thiazole rings is 1. The number of carboxylic acids is 1. The van der Waals surface area contributed by atoms with Crippen molar-refractivity contribution >= 4 is 34.6 Å². The molecule has 0 aliphatic heterocycles. The molecule has 4 rings (SSSR count). The van der Waals surface area contributed by atoms with Gasteiger partial charge in [-0.25, -0.2) is 14.5 Å². The Kier molecular flexibility index (Phi) is 7.21. The number of aromatic carboxylic acids is 1. The van der Waals surface area contributed by atoms with Crippen LogP contribution in [0.5, 0.6) is 0 Å². The van der Waals surface area contributed by atoms with Crippen molar-refractivity contribution in [3.8, 4) is 5.69 Å². The van der Waals surface area contributed by atoms with Crippen LogP contribution >= 0.6 is 11.3 Å². The SMILES string of the molecule is C=C(c1ccc(-n2cc(C(=O)O)c(N(C(=O)[C@H]3CC[C@H](C)CC3)C(C)C)n2)cc1)c1csc(C)n1. The van der Waals surface area contributed by atoms with Crippen LogP contribution < -0.4 is 4.90 Å². The maximum atomic E-state index is 13.5. The van der Waals surface area contributed by atoms with Crippen molar-refractivity contribution in [2.24, 2.45) is 11.8 Å². The van der Waals surface area contributed by atoms with Crippen LogP contribution in [0.25, 0.3) is 11.3 Å². The Bertz CT molecular complexity index is 1230. The molecule has 0 radical (unpaired) electrons. The highest BCUT2D eigenvalue weighted by Crippen LogP contribution is 2.33. The first-order valence-corrected chi connectivity index (χ1v) is 12.9. The molecule has 184 valence electrons. The van der Waals surface area contributed by atoms with Gasteiger partial charge in [0.15, 0.2) is 5.82 Å². The molecule has 35 heavy (non-hydrogen) atoms. The van der Waals surface area contributed by atoms with Crippen LogP contribution in [-0.4, -0.2) is 37.8 Å². The Labute approximate surface area is 210 Å². The van der Waals surface area contributed by atoms with E-state index in [0.29, 0.717) is 11.6 Å². The second-order valence-electron chi connectivity index (χ2n) is 9.65. The Morgan fingerprint density at radius 1 is 1.17 bits per heavy atom. The van der Waals surface area contributed by atoms with Crippen molar-refractivity contribution in [2.45, 2.75) is 59.4 Å². The maximum absolute atomic E-state index is 13.5. The fraction of sp³-hybridized carbons (Fsp3) is 0.407. The van der Waals surface area contributed by atoms with E-state index in [2.05, 4.69) is 23.6 Å². The number of nitrogens with zero attached hydrogens (tertiary/aromatic N) is 4. The molecule has 1 fully saturated rings. The number of benzene rings is 1. The minimum atomic E-state index is -1.11. The van der Waals surface area contributed by atoms with E-state index < -0.39 is 5.97 Å². The van der Waals surface area contributed by atoms with E-state index in [-0.39, 0.29) is 29.2 Å². The van der Waals surface area contributed by atoms with E-state index >= 15 is 0 Å². The summed E-state index contributed by atoms with van der Waals surface area (Å²) in [5, 5.41) is 17.5. The van der Waals surface area contributed by atoms with Gasteiger partial charge in [0.2, 0.25) is 5.91 Å². The van der Waals surface area contributed by atoms with Gasteiger partial charge in [0.1, 0.15) is 5.56 Å². The summed E-state index contributed by atoms with van der Waals surface area (Å²) in [6.45, 7) is 12.1. The highest BCUT2D eigenvalue weighted by Gasteiger charge is 2.34. The quantitative estimate of drug-likeness (QED) is 0.439. The molecule has 1 aromatic carbocycles. The first-order valence-electron chi connectivity index (χ1n) is 12.0. The van der Waals surface area contributed by atoms with Gasteiger partial charge in [0, 0.05) is 29.1 Å². The van der Waals surface area contributed by atoms with E-state index in [0.717, 1.165) is 47.5 Å². The van der Waals surface area contributed by atoms with Gasteiger partial charge >= 0.3 is 5.97 Å². The number of aryl methyl sites for hydroxylation is 1. The lowest BCUT2D eigenvalue weighted by Gasteiger charge is -2.32. The molecule has 1 aliphatic carbocycles. The monoisotopic (exact) mass is 492 g/mol. The van der Waals surface area contributed by atoms with E-state index in [1.807, 2.05) is 50.4 Å². The molecule has 1 amide bonds. The zero-order valence-corrected chi connectivity index (χ0v) is 21.5. The van der Waals surface area contributed by atoms with Crippen molar-refractivity contribution in [3.05, 3.63) is 64.2 Å². The molecule has 0 spiro atoms. The summed E-state index contributed by atoms with van der Waals surface area (Å²) < 4.78 is 1.53. The van der Waals surface area contributed by atoms with Gasteiger partial charge in [-0.05, 0) is 70.1 Å². The Morgan fingerprint density at radius 3 is 2.37 bits per heavy atom. The molecular weight excluding hydrogens is 460 g/mol. The summed E-state index contributed by atoms with van der Waals surface area (Å²) in [6, 6.07) is 7.36. The number of aromatic nitrogens is 3. The first kappa shape index (κ1) is 24.9. The highest BCUT2D eigenvalue weighted by molar-refractivity contribution is 7.09. The number of carbonyl (C=O) groups excluding carboxylic acids is 1. The molecule has 0 atom stereocenters. The van der Waals surface area contributed by atoms with Crippen molar-refractivity contribution < 1.29 is 14.7 Å². The minimum Gasteiger partial charge on any atom is -0.477 e. The summed E-state index contributed by atoms with van der Waals surface area (Å²) in [4.78, 5) is 31.7. The third kappa shape index (κ3) is 5.22. The first-order chi connectivity index (χ1) is 16.7. The highest BCUT2D eigenvalue weighted by atomic mass is 32.1. The fourth-order valence-corrected chi connectivity index (χ4v) is 5.23. The van der Waals surface area contributed by atoms with Crippen molar-refractivity contribution in [2.75, 3.05) is 4.90 Å². The molecule has 8 heteroatoms. The minimum absolute atomic E-state index is 0.0164. The van der Waals surface area contributed by atoms with Crippen LogP contribution in [0, 0.1) is 18.8 Å². The number of carbonyl (C=O) groups is 2. The zero-order chi connectivity index (χ0) is 25.3. The summed E-state index contributed by atoms with van der Waals surface area (Å²) in [6.07, 6.45) is 5.17. The zero-order valence-electron chi connectivity index (χ0n) is 20.7. The molecule has 0 saturated heterocycles. The van der Waals surface area contributed by atoms with Crippen LogP contribution in [0.3, 0.4) is 0 Å². The van der Waals surface area contributed by atoms with Gasteiger partial charge in [0.25, 0.3) is 0 Å². The van der Waals surface area contributed by atoms with Crippen LogP contribution in [-0.2, 0) is 4.79 Å². The number of amides is 1. The topological polar surface area (TPSA) is 88.3 Å². The number of rotatable bonds is 7. The standard InChI is InChI=1S/C27H32N4O3S/c1-16(2)31(26(32)21-8-6-17(3)7-9-21)25-23(27(33)34)14-30(29-25)22-12-10-20(11-13-22)18(4)24-15-35-19(5)28-24/h10-17,21H,4,6-9H2,1-3,5H3,(H,33,34)/t17-,21-. The molecule has 7 nitrogen and oxygen atoms in total. The number of anilines is 1. The average Bonchev–Trinajstić information content (AvgIpc) is 3.46. The molecule has 0 bridgehead atoms.